The average molecular weight is 356 g/mol. The molecule has 2 aromatic carbocycles. The van der Waals surface area contributed by atoms with Crippen LogP contribution in [0.1, 0.15) is 23.6 Å². The lowest BCUT2D eigenvalue weighted by atomic mass is 10.1. The third kappa shape index (κ3) is 5.24. The fourth-order valence-corrected chi connectivity index (χ4v) is 2.41. The smallest absolute Gasteiger partial charge is 0.277 e. The summed E-state index contributed by atoms with van der Waals surface area (Å²) in [5.41, 5.74) is 5.21. The minimum atomic E-state index is -0.332. The van der Waals surface area contributed by atoms with Gasteiger partial charge in [0.25, 0.3) is 5.91 Å². The lowest BCUT2D eigenvalue weighted by Crippen LogP contribution is -2.25. The number of aryl methyl sites for hydroxylation is 2. The summed E-state index contributed by atoms with van der Waals surface area (Å²) in [4.78, 5) is 11.9. The monoisotopic (exact) mass is 356 g/mol. The first kappa shape index (κ1) is 19.3. The number of amides is 1. The zero-order valence-electron chi connectivity index (χ0n) is 15.5. The molecule has 138 valence electrons. The molecule has 0 aliphatic rings. The Labute approximate surface area is 153 Å². The first-order chi connectivity index (χ1) is 12.5. The summed E-state index contributed by atoms with van der Waals surface area (Å²) in [5, 5.41) is 3.95. The molecule has 2 rings (SSSR count). The summed E-state index contributed by atoms with van der Waals surface area (Å²) in [6.07, 6.45) is 1.54. The van der Waals surface area contributed by atoms with Crippen molar-refractivity contribution in [3.63, 3.8) is 0 Å². The second-order valence-electron chi connectivity index (χ2n) is 5.65. The summed E-state index contributed by atoms with van der Waals surface area (Å²) in [7, 11) is 1.57. The molecule has 0 heterocycles. The maximum Gasteiger partial charge on any atom is 0.277 e. The lowest BCUT2D eigenvalue weighted by Gasteiger charge is -2.11. The standard InChI is InChI=1S/C20H24N2O4/c1-5-25-17-10-9-16(11-18(17)24-4)12-21-22-19(23)13-26-20-14(2)7-6-8-15(20)3/h6-12H,5,13H2,1-4H3,(H,22,23)/b21-12-. The predicted octanol–water partition coefficient (Wildman–Crippen LogP) is 3.24. The van der Waals surface area contributed by atoms with Crippen molar-refractivity contribution in [2.75, 3.05) is 20.3 Å². The number of benzene rings is 2. The van der Waals surface area contributed by atoms with E-state index in [2.05, 4.69) is 10.5 Å². The number of carbonyl (C=O) groups is 1. The minimum absolute atomic E-state index is 0.102. The molecule has 1 amide bonds. The van der Waals surface area contributed by atoms with E-state index in [1.165, 1.54) is 6.21 Å². The highest BCUT2D eigenvalue weighted by atomic mass is 16.5. The average Bonchev–Trinajstić information content (AvgIpc) is 2.62. The number of methoxy groups -OCH3 is 1. The SMILES string of the molecule is CCOc1ccc(/C=N\NC(=O)COc2c(C)cccc2C)cc1OC. The number of nitrogens with one attached hydrogen (secondary N) is 1. The number of rotatable bonds is 8. The highest BCUT2D eigenvalue weighted by Crippen LogP contribution is 2.27. The van der Waals surface area contributed by atoms with Gasteiger partial charge in [-0.15, -0.1) is 0 Å². The quantitative estimate of drug-likeness (QED) is 0.582. The van der Waals surface area contributed by atoms with E-state index in [1.54, 1.807) is 19.2 Å². The van der Waals surface area contributed by atoms with Crippen molar-refractivity contribution in [2.45, 2.75) is 20.8 Å². The molecule has 2 aromatic rings. The molecule has 26 heavy (non-hydrogen) atoms. The van der Waals surface area contributed by atoms with Crippen molar-refractivity contribution >= 4 is 12.1 Å². The maximum absolute atomic E-state index is 11.9. The highest BCUT2D eigenvalue weighted by Gasteiger charge is 2.07. The zero-order valence-corrected chi connectivity index (χ0v) is 15.5. The van der Waals surface area contributed by atoms with E-state index in [9.17, 15) is 4.79 Å². The van der Waals surface area contributed by atoms with Gasteiger partial charge in [0.1, 0.15) is 5.75 Å². The Morgan fingerprint density at radius 1 is 1.12 bits per heavy atom. The number of hydrazone groups is 1. The number of hydrogen-bond donors (Lipinski definition) is 1. The zero-order chi connectivity index (χ0) is 18.9. The van der Waals surface area contributed by atoms with Gasteiger partial charge >= 0.3 is 0 Å². The molecule has 1 N–H and O–H groups in total. The number of ether oxygens (including phenoxy) is 3. The summed E-state index contributed by atoms with van der Waals surface area (Å²) in [6, 6.07) is 11.3. The second-order valence-corrected chi connectivity index (χ2v) is 5.65. The molecule has 0 aliphatic carbocycles. The molecular weight excluding hydrogens is 332 g/mol. The minimum Gasteiger partial charge on any atom is -0.493 e. The predicted molar refractivity (Wildman–Crippen MR) is 101 cm³/mol. The summed E-state index contributed by atoms with van der Waals surface area (Å²) in [5.74, 6) is 1.67. The van der Waals surface area contributed by atoms with Crippen LogP contribution >= 0.6 is 0 Å². The van der Waals surface area contributed by atoms with Crippen molar-refractivity contribution in [3.8, 4) is 17.2 Å². The molecule has 0 radical (unpaired) electrons. The van der Waals surface area contributed by atoms with Crippen molar-refractivity contribution < 1.29 is 19.0 Å². The summed E-state index contributed by atoms with van der Waals surface area (Å²) < 4.78 is 16.3. The van der Waals surface area contributed by atoms with Gasteiger partial charge in [-0.2, -0.15) is 5.10 Å². The molecule has 0 saturated heterocycles. The Morgan fingerprint density at radius 2 is 1.85 bits per heavy atom. The van der Waals surface area contributed by atoms with Gasteiger partial charge in [0.15, 0.2) is 18.1 Å². The van der Waals surface area contributed by atoms with Gasteiger partial charge in [-0.3, -0.25) is 4.79 Å². The topological polar surface area (TPSA) is 69.2 Å². The fraction of sp³-hybridized carbons (Fsp3) is 0.300. The number of carbonyl (C=O) groups excluding carboxylic acids is 1. The van der Waals surface area contributed by atoms with Crippen LogP contribution in [0.4, 0.5) is 0 Å². The third-order valence-electron chi connectivity index (χ3n) is 3.65. The van der Waals surface area contributed by atoms with Crippen LogP contribution in [-0.4, -0.2) is 32.4 Å². The molecule has 0 aliphatic heterocycles. The molecule has 0 aromatic heterocycles. The van der Waals surface area contributed by atoms with E-state index in [0.717, 1.165) is 22.4 Å². The second kappa shape index (κ2) is 9.46. The van der Waals surface area contributed by atoms with E-state index < -0.39 is 0 Å². The fourth-order valence-electron chi connectivity index (χ4n) is 2.41. The number of para-hydroxylation sites is 1. The normalized spacial score (nSPS) is 10.6. The Bertz CT molecular complexity index is 767. The molecule has 0 saturated carbocycles. The summed E-state index contributed by atoms with van der Waals surface area (Å²) >= 11 is 0. The van der Waals surface area contributed by atoms with Crippen LogP contribution in [0.15, 0.2) is 41.5 Å². The number of hydrogen-bond acceptors (Lipinski definition) is 5. The van der Waals surface area contributed by atoms with Crippen LogP contribution in [0.5, 0.6) is 17.2 Å². The van der Waals surface area contributed by atoms with Crippen LogP contribution in [0.25, 0.3) is 0 Å². The molecule has 6 nitrogen and oxygen atoms in total. The van der Waals surface area contributed by atoms with Gasteiger partial charge in [0, 0.05) is 0 Å². The van der Waals surface area contributed by atoms with E-state index in [1.807, 2.05) is 45.0 Å². The Hall–Kier alpha value is -3.02. The van der Waals surface area contributed by atoms with Gasteiger partial charge < -0.3 is 14.2 Å². The van der Waals surface area contributed by atoms with Crippen LogP contribution in [0, 0.1) is 13.8 Å². The molecule has 0 spiro atoms. The van der Waals surface area contributed by atoms with Crippen LogP contribution in [0.3, 0.4) is 0 Å². The van der Waals surface area contributed by atoms with Crippen LogP contribution in [0.2, 0.25) is 0 Å². The largest absolute Gasteiger partial charge is 0.493 e. The Balaban J connectivity index is 1.90. The van der Waals surface area contributed by atoms with E-state index in [-0.39, 0.29) is 12.5 Å². The van der Waals surface area contributed by atoms with E-state index >= 15 is 0 Å². The van der Waals surface area contributed by atoms with Gasteiger partial charge in [-0.25, -0.2) is 5.43 Å². The first-order valence-corrected chi connectivity index (χ1v) is 8.37. The maximum atomic E-state index is 11.9. The summed E-state index contributed by atoms with van der Waals surface area (Å²) in [6.45, 7) is 6.25. The number of nitrogens with zero attached hydrogens (tertiary/aromatic N) is 1. The van der Waals surface area contributed by atoms with Gasteiger partial charge in [0.05, 0.1) is 19.9 Å². The van der Waals surface area contributed by atoms with Crippen LogP contribution < -0.4 is 19.6 Å². The van der Waals surface area contributed by atoms with Crippen molar-refractivity contribution in [1.82, 2.24) is 5.43 Å². The van der Waals surface area contributed by atoms with Crippen molar-refractivity contribution in [1.29, 1.82) is 0 Å². The molecule has 0 atom stereocenters. The third-order valence-corrected chi connectivity index (χ3v) is 3.65. The molecule has 0 unspecified atom stereocenters. The molecule has 0 bridgehead atoms. The van der Waals surface area contributed by atoms with Crippen LogP contribution in [-0.2, 0) is 4.79 Å². The van der Waals surface area contributed by atoms with Gasteiger partial charge in [-0.1, -0.05) is 18.2 Å². The Kier molecular flexibility index (Phi) is 7.02. The highest BCUT2D eigenvalue weighted by molar-refractivity contribution is 5.83. The lowest BCUT2D eigenvalue weighted by molar-refractivity contribution is -0.123. The van der Waals surface area contributed by atoms with E-state index in [4.69, 9.17) is 14.2 Å². The van der Waals surface area contributed by atoms with Crippen molar-refractivity contribution in [3.05, 3.63) is 53.1 Å². The first-order valence-electron chi connectivity index (χ1n) is 8.37. The molecular formula is C20H24N2O4. The van der Waals surface area contributed by atoms with Gasteiger partial charge in [0.2, 0.25) is 0 Å². The molecule has 6 heteroatoms. The van der Waals surface area contributed by atoms with Gasteiger partial charge in [-0.05, 0) is 55.7 Å². The Morgan fingerprint density at radius 3 is 2.50 bits per heavy atom. The van der Waals surface area contributed by atoms with Crippen molar-refractivity contribution in [2.24, 2.45) is 5.10 Å². The molecule has 0 fully saturated rings. The van der Waals surface area contributed by atoms with E-state index in [0.29, 0.717) is 18.1 Å².